The van der Waals surface area contributed by atoms with E-state index < -0.39 is 0 Å². The zero-order valence-electron chi connectivity index (χ0n) is 30.3. The number of thiophene rings is 1. The average Bonchev–Trinajstić information content (AvgIpc) is 3.71. The molecule has 0 fully saturated rings. The lowest BCUT2D eigenvalue weighted by molar-refractivity contribution is 0.484. The first kappa shape index (κ1) is 33.4. The van der Waals surface area contributed by atoms with Crippen molar-refractivity contribution in [2.24, 2.45) is 0 Å². The lowest BCUT2D eigenvalue weighted by Gasteiger charge is -2.28. The summed E-state index contributed by atoms with van der Waals surface area (Å²) in [5.41, 5.74) is 11.1. The minimum absolute atomic E-state index is 0.0339. The van der Waals surface area contributed by atoms with Crippen molar-refractivity contribution in [3.05, 3.63) is 57.6 Å². The van der Waals surface area contributed by atoms with Gasteiger partial charge in [0, 0.05) is 11.1 Å². The van der Waals surface area contributed by atoms with Crippen molar-refractivity contribution in [2.75, 3.05) is 0 Å². The molecule has 2 aromatic carbocycles. The first-order valence-electron chi connectivity index (χ1n) is 16.9. The van der Waals surface area contributed by atoms with E-state index in [4.69, 9.17) is 18.8 Å². The van der Waals surface area contributed by atoms with Crippen LogP contribution in [0.15, 0.2) is 33.1 Å². The minimum atomic E-state index is -0.0339. The van der Waals surface area contributed by atoms with Crippen LogP contribution in [-0.4, -0.2) is 9.97 Å². The van der Waals surface area contributed by atoms with Crippen LogP contribution >= 0.6 is 11.3 Å². The maximum absolute atomic E-state index is 6.71. The zero-order chi connectivity index (χ0) is 33.3. The average molecular weight is 627 g/mol. The summed E-state index contributed by atoms with van der Waals surface area (Å²) in [4.78, 5) is 12.4. The molecule has 0 aliphatic rings. The van der Waals surface area contributed by atoms with E-state index in [1.807, 2.05) is 0 Å². The highest BCUT2D eigenvalue weighted by molar-refractivity contribution is 7.19. The number of oxazole rings is 2. The summed E-state index contributed by atoms with van der Waals surface area (Å²) in [6, 6.07) is 9.21. The van der Waals surface area contributed by atoms with Gasteiger partial charge in [0.25, 0.3) is 0 Å². The lowest BCUT2D eigenvalue weighted by atomic mass is 9.76. The number of rotatable bonds is 10. The van der Waals surface area contributed by atoms with Crippen LogP contribution in [-0.2, 0) is 21.7 Å². The highest BCUT2D eigenvalue weighted by Gasteiger charge is 2.31. The molecule has 5 rings (SSSR count). The first-order valence-corrected chi connectivity index (χ1v) is 17.7. The maximum Gasteiger partial charge on any atom is 0.237 e. The quantitative estimate of drug-likeness (QED) is 0.155. The van der Waals surface area contributed by atoms with E-state index in [0.29, 0.717) is 11.8 Å². The summed E-state index contributed by atoms with van der Waals surface area (Å²) in [5, 5.41) is 0. The Morgan fingerprint density at radius 1 is 0.533 bits per heavy atom. The molecule has 0 saturated carbocycles. The number of hydrogen-bond acceptors (Lipinski definition) is 5. The molecule has 0 bridgehead atoms. The smallest absolute Gasteiger partial charge is 0.237 e. The van der Waals surface area contributed by atoms with Crippen LogP contribution in [0.25, 0.3) is 43.7 Å². The standard InChI is InChI=1S/C40H54N2O2S/c1-15-37(7,8)25-19-27(39(11,12)17-3)31-29(21-25)41-35(43-31)33-23(5)24(6)34(45-33)36-42-30-22-26(38(9,10)16-2)20-28(32(30)44-36)40(13,14)18-4/h19-22H,15-18H2,1-14H3. The van der Waals surface area contributed by atoms with Crippen LogP contribution in [0.1, 0.15) is 142 Å². The van der Waals surface area contributed by atoms with Gasteiger partial charge in [-0.25, -0.2) is 9.97 Å². The van der Waals surface area contributed by atoms with E-state index in [-0.39, 0.29) is 21.7 Å². The van der Waals surface area contributed by atoms with Crippen molar-refractivity contribution < 1.29 is 8.83 Å². The summed E-state index contributed by atoms with van der Waals surface area (Å²) < 4.78 is 13.4. The molecule has 45 heavy (non-hydrogen) atoms. The van der Waals surface area contributed by atoms with E-state index in [1.54, 1.807) is 11.3 Å². The molecule has 4 nitrogen and oxygen atoms in total. The van der Waals surface area contributed by atoms with Gasteiger partial charge in [-0.05, 0) is 95.6 Å². The van der Waals surface area contributed by atoms with Crippen LogP contribution in [0.2, 0.25) is 0 Å². The molecule has 3 heterocycles. The summed E-state index contributed by atoms with van der Waals surface area (Å²) in [6.07, 6.45) is 4.14. The van der Waals surface area contributed by atoms with E-state index in [9.17, 15) is 0 Å². The largest absolute Gasteiger partial charge is 0.435 e. The van der Waals surface area contributed by atoms with Crippen molar-refractivity contribution in [1.29, 1.82) is 0 Å². The molecule has 5 heteroatoms. The Morgan fingerprint density at radius 2 is 0.867 bits per heavy atom. The van der Waals surface area contributed by atoms with E-state index in [1.165, 1.54) is 22.3 Å². The van der Waals surface area contributed by atoms with Gasteiger partial charge in [-0.3, -0.25) is 0 Å². The second-order valence-electron chi connectivity index (χ2n) is 15.7. The Labute approximate surface area is 275 Å². The Bertz CT molecular complexity index is 1740. The number of aromatic nitrogens is 2. The molecule has 0 spiro atoms. The van der Waals surface area contributed by atoms with Gasteiger partial charge in [0.15, 0.2) is 11.2 Å². The molecule has 0 unspecified atom stereocenters. The van der Waals surface area contributed by atoms with Gasteiger partial charge in [0.2, 0.25) is 11.8 Å². The summed E-state index contributed by atoms with van der Waals surface area (Å²) in [7, 11) is 0. The highest BCUT2D eigenvalue weighted by Crippen LogP contribution is 2.46. The Morgan fingerprint density at radius 3 is 1.18 bits per heavy atom. The predicted octanol–water partition coefficient (Wildman–Crippen LogP) is 12.7. The topological polar surface area (TPSA) is 52.1 Å². The van der Waals surface area contributed by atoms with Gasteiger partial charge in [-0.1, -0.05) is 95.2 Å². The summed E-state index contributed by atoms with van der Waals surface area (Å²) in [6.45, 7) is 31.8. The molecule has 3 aromatic heterocycles. The molecule has 242 valence electrons. The monoisotopic (exact) mass is 626 g/mol. The number of benzene rings is 2. The number of hydrogen-bond donors (Lipinski definition) is 0. The lowest BCUT2D eigenvalue weighted by Crippen LogP contribution is -2.20. The number of nitrogens with zero attached hydrogens (tertiary/aromatic N) is 2. The first-order chi connectivity index (χ1) is 20.9. The van der Waals surface area contributed by atoms with E-state index in [0.717, 1.165) is 68.8 Å². The second kappa shape index (κ2) is 11.4. The normalized spacial score (nSPS) is 13.5. The van der Waals surface area contributed by atoms with E-state index >= 15 is 0 Å². The third kappa shape index (κ3) is 5.68. The third-order valence-electron chi connectivity index (χ3n) is 11.4. The molecule has 0 radical (unpaired) electrons. The third-order valence-corrected chi connectivity index (χ3v) is 12.7. The summed E-state index contributed by atoms with van der Waals surface area (Å²) >= 11 is 1.68. The van der Waals surface area contributed by atoms with Crippen LogP contribution in [0.3, 0.4) is 0 Å². The maximum atomic E-state index is 6.71. The van der Waals surface area contributed by atoms with Gasteiger partial charge >= 0.3 is 0 Å². The molecule has 0 amide bonds. The minimum Gasteiger partial charge on any atom is -0.435 e. The van der Waals surface area contributed by atoms with Crippen LogP contribution in [0.4, 0.5) is 0 Å². The molecular formula is C40H54N2O2S. The fraction of sp³-hybridized carbons (Fsp3) is 0.550. The van der Waals surface area contributed by atoms with Crippen molar-refractivity contribution >= 4 is 33.5 Å². The molecule has 5 aromatic rings. The second-order valence-corrected chi connectivity index (χ2v) is 16.8. The Hall–Kier alpha value is -2.92. The van der Waals surface area contributed by atoms with Gasteiger partial charge in [0.1, 0.15) is 11.0 Å². The van der Waals surface area contributed by atoms with Crippen molar-refractivity contribution in [3.8, 4) is 21.5 Å². The van der Waals surface area contributed by atoms with Gasteiger partial charge in [-0.2, -0.15) is 0 Å². The molecule has 0 N–H and O–H groups in total. The van der Waals surface area contributed by atoms with Crippen LogP contribution < -0.4 is 0 Å². The predicted molar refractivity (Wildman–Crippen MR) is 193 cm³/mol. The van der Waals surface area contributed by atoms with E-state index in [2.05, 4.69) is 121 Å². The molecular weight excluding hydrogens is 573 g/mol. The highest BCUT2D eigenvalue weighted by atomic mass is 32.1. The fourth-order valence-electron chi connectivity index (χ4n) is 5.84. The molecule has 0 aliphatic carbocycles. The van der Waals surface area contributed by atoms with Gasteiger partial charge in [-0.15, -0.1) is 11.3 Å². The SMILES string of the molecule is CCC(C)(C)c1cc(C(C)(C)CC)c2oc(-c3sc(-c4nc5cc(C(C)(C)CC)cc(C(C)(C)CC)c5o4)c(C)c3C)nc2c1. The van der Waals surface area contributed by atoms with Gasteiger partial charge < -0.3 is 8.83 Å². The molecule has 0 saturated heterocycles. The molecule has 0 aliphatic heterocycles. The van der Waals surface area contributed by atoms with Crippen molar-refractivity contribution in [3.63, 3.8) is 0 Å². The van der Waals surface area contributed by atoms with Crippen molar-refractivity contribution in [2.45, 2.75) is 144 Å². The van der Waals surface area contributed by atoms with Crippen molar-refractivity contribution in [1.82, 2.24) is 9.97 Å². The zero-order valence-corrected chi connectivity index (χ0v) is 31.1. The Kier molecular flexibility index (Phi) is 8.47. The number of fused-ring (bicyclic) bond motifs is 2. The van der Waals surface area contributed by atoms with Crippen LogP contribution in [0, 0.1) is 13.8 Å². The summed E-state index contributed by atoms with van der Waals surface area (Å²) in [5.74, 6) is 1.36. The fourth-order valence-corrected chi connectivity index (χ4v) is 7.01. The van der Waals surface area contributed by atoms with Gasteiger partial charge in [0.05, 0.1) is 9.75 Å². The van der Waals surface area contributed by atoms with Crippen LogP contribution in [0.5, 0.6) is 0 Å². The molecule has 0 atom stereocenters. The Balaban J connectivity index is 1.70.